The minimum absolute atomic E-state index is 0.221. The lowest BCUT2D eigenvalue weighted by atomic mass is 10.1. The summed E-state index contributed by atoms with van der Waals surface area (Å²) in [6, 6.07) is 0. The van der Waals surface area contributed by atoms with Gasteiger partial charge in [0.25, 0.3) is 0 Å². The highest BCUT2D eigenvalue weighted by Crippen LogP contribution is 2.12. The molecule has 0 radical (unpaired) electrons. The van der Waals surface area contributed by atoms with Gasteiger partial charge in [0.15, 0.2) is 0 Å². The van der Waals surface area contributed by atoms with E-state index >= 15 is 0 Å². The molecule has 0 spiro atoms. The van der Waals surface area contributed by atoms with Gasteiger partial charge in [0, 0.05) is 10.8 Å². The molecule has 0 heterocycles. The lowest BCUT2D eigenvalue weighted by Gasteiger charge is -2.04. The average molecular weight is 264 g/mol. The second-order valence-electron chi connectivity index (χ2n) is 3.81. The number of carboxylic acid groups (broad SMARTS) is 1. The molecular formula is C11H20BrO2-. The monoisotopic (exact) mass is 263 g/mol. The maximum atomic E-state index is 10.1. The van der Waals surface area contributed by atoms with Crippen molar-refractivity contribution in [3.8, 4) is 0 Å². The molecule has 2 nitrogen and oxygen atoms in total. The van der Waals surface area contributed by atoms with Gasteiger partial charge in [-0.25, -0.2) is 0 Å². The molecule has 0 aromatic heterocycles. The molecule has 3 heteroatoms. The number of carbonyl (C=O) groups excluding carboxylic acids is 1. The second kappa shape index (κ2) is 9.50. The molecule has 0 aliphatic carbocycles. The number of carbonyl (C=O) groups is 1. The maximum Gasteiger partial charge on any atom is 0.0414 e. The van der Waals surface area contributed by atoms with Crippen LogP contribution < -0.4 is 5.11 Å². The van der Waals surface area contributed by atoms with Crippen LogP contribution in [-0.4, -0.2) is 10.8 Å². The van der Waals surface area contributed by atoms with Gasteiger partial charge >= 0.3 is 0 Å². The number of alkyl halides is 1. The average Bonchev–Trinajstić information content (AvgIpc) is 2.08. The SMILES string of the molecule is C[C@@H](Br)CCCCCCCCC(=O)[O-]. The molecule has 0 saturated carbocycles. The Morgan fingerprint density at radius 1 is 1.14 bits per heavy atom. The van der Waals surface area contributed by atoms with E-state index in [2.05, 4.69) is 22.9 Å². The minimum Gasteiger partial charge on any atom is -0.550 e. The molecule has 0 amide bonds. The van der Waals surface area contributed by atoms with E-state index < -0.39 is 5.97 Å². The first-order valence-corrected chi connectivity index (χ1v) is 6.38. The van der Waals surface area contributed by atoms with Crippen LogP contribution in [0.4, 0.5) is 0 Å². The molecule has 84 valence electrons. The molecule has 0 rings (SSSR count). The van der Waals surface area contributed by atoms with E-state index in [0.29, 0.717) is 4.83 Å². The van der Waals surface area contributed by atoms with Crippen molar-refractivity contribution in [2.24, 2.45) is 0 Å². The summed E-state index contributed by atoms with van der Waals surface area (Å²) < 4.78 is 0. The second-order valence-corrected chi connectivity index (χ2v) is 5.38. The summed E-state index contributed by atoms with van der Waals surface area (Å²) in [5.41, 5.74) is 0. The summed E-state index contributed by atoms with van der Waals surface area (Å²) in [5, 5.41) is 10.1. The number of hydrogen-bond acceptors (Lipinski definition) is 2. The van der Waals surface area contributed by atoms with Gasteiger partial charge in [-0.1, -0.05) is 55.0 Å². The molecule has 14 heavy (non-hydrogen) atoms. The Morgan fingerprint density at radius 2 is 1.64 bits per heavy atom. The molecule has 0 fully saturated rings. The smallest absolute Gasteiger partial charge is 0.0414 e. The van der Waals surface area contributed by atoms with Gasteiger partial charge in [-0.15, -0.1) is 0 Å². The zero-order valence-corrected chi connectivity index (χ0v) is 10.5. The van der Waals surface area contributed by atoms with Crippen LogP contribution in [-0.2, 0) is 4.79 Å². The van der Waals surface area contributed by atoms with Gasteiger partial charge in [-0.3, -0.25) is 0 Å². The normalized spacial score (nSPS) is 12.7. The molecule has 0 aliphatic rings. The highest BCUT2D eigenvalue weighted by atomic mass is 79.9. The lowest BCUT2D eigenvalue weighted by Crippen LogP contribution is -2.21. The van der Waals surface area contributed by atoms with Crippen LogP contribution in [0.2, 0.25) is 0 Å². The fourth-order valence-electron chi connectivity index (χ4n) is 1.40. The first-order valence-electron chi connectivity index (χ1n) is 5.47. The summed E-state index contributed by atoms with van der Waals surface area (Å²) in [7, 11) is 0. The zero-order chi connectivity index (χ0) is 10.8. The highest BCUT2D eigenvalue weighted by Gasteiger charge is 1.95. The van der Waals surface area contributed by atoms with Gasteiger partial charge in [0.1, 0.15) is 0 Å². The van der Waals surface area contributed by atoms with E-state index in [0.717, 1.165) is 19.3 Å². The van der Waals surface area contributed by atoms with Crippen molar-refractivity contribution in [3.05, 3.63) is 0 Å². The highest BCUT2D eigenvalue weighted by molar-refractivity contribution is 9.09. The van der Waals surface area contributed by atoms with E-state index in [1.54, 1.807) is 0 Å². The number of hydrogen-bond donors (Lipinski definition) is 0. The summed E-state index contributed by atoms with van der Waals surface area (Å²) in [6.07, 6.45) is 8.18. The quantitative estimate of drug-likeness (QED) is 0.474. The summed E-state index contributed by atoms with van der Waals surface area (Å²) >= 11 is 3.51. The Balaban J connectivity index is 2.96. The standard InChI is InChI=1S/C11H21BrO2/c1-10(12)8-6-4-2-3-5-7-9-11(13)14/h10H,2-9H2,1H3,(H,13,14)/p-1/t10-/m1/s1. The van der Waals surface area contributed by atoms with Crippen molar-refractivity contribution >= 4 is 21.9 Å². The molecule has 1 atom stereocenters. The molecular weight excluding hydrogens is 244 g/mol. The Bertz CT molecular complexity index is 146. The number of unbranched alkanes of at least 4 members (excludes halogenated alkanes) is 5. The van der Waals surface area contributed by atoms with Crippen LogP contribution in [0.25, 0.3) is 0 Å². The predicted octanol–water partition coefficient (Wildman–Crippen LogP) is 2.64. The first kappa shape index (κ1) is 13.9. The number of carboxylic acids is 1. The third kappa shape index (κ3) is 11.9. The van der Waals surface area contributed by atoms with E-state index in [-0.39, 0.29) is 6.42 Å². The molecule has 0 unspecified atom stereocenters. The lowest BCUT2D eigenvalue weighted by molar-refractivity contribution is -0.305. The van der Waals surface area contributed by atoms with Crippen LogP contribution in [0.15, 0.2) is 0 Å². The van der Waals surface area contributed by atoms with Crippen LogP contribution in [0.3, 0.4) is 0 Å². The van der Waals surface area contributed by atoms with Crippen LogP contribution >= 0.6 is 15.9 Å². The number of aliphatic carboxylic acids is 1. The van der Waals surface area contributed by atoms with Crippen molar-refractivity contribution in [1.29, 1.82) is 0 Å². The Hall–Kier alpha value is -0.0500. The zero-order valence-electron chi connectivity index (χ0n) is 8.93. The van der Waals surface area contributed by atoms with E-state index in [1.165, 1.54) is 25.7 Å². The third-order valence-corrected chi connectivity index (χ3v) is 2.69. The Morgan fingerprint density at radius 3 is 2.14 bits per heavy atom. The van der Waals surface area contributed by atoms with Gasteiger partial charge in [0.05, 0.1) is 0 Å². The Kier molecular flexibility index (Phi) is 9.47. The van der Waals surface area contributed by atoms with Crippen molar-refractivity contribution in [2.75, 3.05) is 0 Å². The van der Waals surface area contributed by atoms with Crippen LogP contribution in [0.5, 0.6) is 0 Å². The van der Waals surface area contributed by atoms with Gasteiger partial charge < -0.3 is 9.90 Å². The third-order valence-electron chi connectivity index (χ3n) is 2.23. The maximum absolute atomic E-state index is 10.1. The molecule has 0 N–H and O–H groups in total. The van der Waals surface area contributed by atoms with Crippen molar-refractivity contribution in [1.82, 2.24) is 0 Å². The predicted molar refractivity (Wildman–Crippen MR) is 60.3 cm³/mol. The molecule has 0 aliphatic heterocycles. The Labute approximate surface area is 95.2 Å². The van der Waals surface area contributed by atoms with Gasteiger partial charge in [-0.05, 0) is 19.3 Å². The van der Waals surface area contributed by atoms with Crippen LogP contribution in [0.1, 0.15) is 58.3 Å². The van der Waals surface area contributed by atoms with Crippen molar-refractivity contribution < 1.29 is 9.90 Å². The van der Waals surface area contributed by atoms with E-state index in [1.807, 2.05) is 0 Å². The van der Waals surface area contributed by atoms with E-state index in [4.69, 9.17) is 0 Å². The fourth-order valence-corrected chi connectivity index (χ4v) is 1.73. The van der Waals surface area contributed by atoms with Crippen molar-refractivity contribution in [3.63, 3.8) is 0 Å². The molecule has 0 saturated heterocycles. The van der Waals surface area contributed by atoms with Gasteiger partial charge in [0.2, 0.25) is 0 Å². The molecule has 0 aromatic carbocycles. The molecule has 0 bridgehead atoms. The fraction of sp³-hybridized carbons (Fsp3) is 0.909. The molecule has 0 aromatic rings. The summed E-state index contributed by atoms with van der Waals surface area (Å²) in [4.78, 5) is 10.7. The van der Waals surface area contributed by atoms with E-state index in [9.17, 15) is 9.90 Å². The first-order chi connectivity index (χ1) is 6.63. The minimum atomic E-state index is -0.918. The topological polar surface area (TPSA) is 40.1 Å². The summed E-state index contributed by atoms with van der Waals surface area (Å²) in [6.45, 7) is 2.17. The number of rotatable bonds is 9. The largest absolute Gasteiger partial charge is 0.550 e. The number of halogens is 1. The van der Waals surface area contributed by atoms with Crippen molar-refractivity contribution in [2.45, 2.75) is 63.1 Å². The van der Waals surface area contributed by atoms with Gasteiger partial charge in [-0.2, -0.15) is 0 Å². The summed E-state index contributed by atoms with van der Waals surface area (Å²) in [5.74, 6) is -0.918. The van der Waals surface area contributed by atoms with Crippen LogP contribution in [0, 0.1) is 0 Å².